The van der Waals surface area contributed by atoms with E-state index in [9.17, 15) is 26.4 Å². The zero-order chi connectivity index (χ0) is 24.9. The molecule has 0 aliphatic carbocycles. The van der Waals surface area contributed by atoms with Crippen LogP contribution >= 0.6 is 0 Å². The van der Waals surface area contributed by atoms with Gasteiger partial charge < -0.3 is 14.4 Å². The van der Waals surface area contributed by atoms with E-state index in [2.05, 4.69) is 14.4 Å². The number of methoxy groups -OCH3 is 1. The van der Waals surface area contributed by atoms with E-state index in [0.717, 1.165) is 0 Å². The van der Waals surface area contributed by atoms with Crippen LogP contribution in [0.3, 0.4) is 0 Å². The number of alkyl halides is 3. The first-order valence-corrected chi connectivity index (χ1v) is 12.1. The quantitative estimate of drug-likeness (QED) is 0.530. The molecule has 1 aromatic carbocycles. The molecule has 0 atom stereocenters. The second kappa shape index (κ2) is 11.0. The molecular formula is C21H32F3N3O5S. The van der Waals surface area contributed by atoms with Gasteiger partial charge in [-0.2, -0.15) is 13.2 Å². The predicted molar refractivity (Wildman–Crippen MR) is 117 cm³/mol. The summed E-state index contributed by atoms with van der Waals surface area (Å²) in [5.41, 5.74) is -0.475. The number of piperazine rings is 1. The molecule has 33 heavy (non-hydrogen) atoms. The van der Waals surface area contributed by atoms with Gasteiger partial charge in [-0.1, -0.05) is 0 Å². The Morgan fingerprint density at radius 1 is 1.12 bits per heavy atom. The molecule has 0 radical (unpaired) electrons. The van der Waals surface area contributed by atoms with Crippen LogP contribution in [0.15, 0.2) is 23.1 Å². The third kappa shape index (κ3) is 8.76. The maximum absolute atomic E-state index is 13.0. The molecule has 1 N–H and O–H groups in total. The molecule has 1 aromatic rings. The molecule has 1 aliphatic rings. The number of hydrogen-bond donors (Lipinski definition) is 1. The average Bonchev–Trinajstić information content (AvgIpc) is 2.70. The minimum Gasteiger partial charge on any atom is -0.495 e. The smallest absolute Gasteiger partial charge is 0.411 e. The standard InChI is InChI=1S/C21H32F3N3O5S/c1-20(2,3)25-33(29,30)18-14-16(6-7-17(18)31-4)19(28)27-11-9-26(10-12-27)8-5-13-32-15-21(22,23)24/h6-7,14,25H,5,8-13,15H2,1-4H3. The van der Waals surface area contributed by atoms with Gasteiger partial charge in [-0.25, -0.2) is 13.1 Å². The molecule has 2 rings (SSSR count). The third-order valence-electron chi connectivity index (χ3n) is 4.83. The Morgan fingerprint density at radius 2 is 1.76 bits per heavy atom. The number of nitrogens with one attached hydrogen (secondary N) is 1. The van der Waals surface area contributed by atoms with E-state index in [1.54, 1.807) is 25.7 Å². The third-order valence-corrected chi connectivity index (χ3v) is 6.61. The zero-order valence-corrected chi connectivity index (χ0v) is 20.2. The first-order chi connectivity index (χ1) is 15.2. The van der Waals surface area contributed by atoms with E-state index < -0.39 is 28.3 Å². The molecule has 188 valence electrons. The molecule has 0 spiro atoms. The molecular weight excluding hydrogens is 463 g/mol. The van der Waals surface area contributed by atoms with Crippen molar-refractivity contribution in [2.75, 3.05) is 53.0 Å². The van der Waals surface area contributed by atoms with Crippen LogP contribution in [0.5, 0.6) is 5.75 Å². The van der Waals surface area contributed by atoms with E-state index in [-0.39, 0.29) is 28.7 Å². The average molecular weight is 496 g/mol. The lowest BCUT2D eigenvalue weighted by atomic mass is 10.1. The van der Waals surface area contributed by atoms with Crippen LogP contribution in [-0.2, 0) is 14.8 Å². The summed E-state index contributed by atoms with van der Waals surface area (Å²) >= 11 is 0. The van der Waals surface area contributed by atoms with Crippen LogP contribution in [0.25, 0.3) is 0 Å². The normalized spacial score (nSPS) is 16.2. The number of amides is 1. The molecule has 0 bridgehead atoms. The van der Waals surface area contributed by atoms with E-state index in [1.807, 2.05) is 0 Å². The van der Waals surface area contributed by atoms with Gasteiger partial charge in [0.25, 0.3) is 5.91 Å². The van der Waals surface area contributed by atoms with Gasteiger partial charge >= 0.3 is 6.18 Å². The summed E-state index contributed by atoms with van der Waals surface area (Å²) in [7, 11) is -2.56. The Labute approximate surface area is 193 Å². The Bertz CT molecular complexity index is 909. The summed E-state index contributed by atoms with van der Waals surface area (Å²) in [6, 6.07) is 4.31. The lowest BCUT2D eigenvalue weighted by molar-refractivity contribution is -0.174. The number of hydrogen-bond acceptors (Lipinski definition) is 6. The van der Waals surface area contributed by atoms with E-state index in [4.69, 9.17) is 4.74 Å². The van der Waals surface area contributed by atoms with Crippen LogP contribution in [0, 0.1) is 0 Å². The van der Waals surface area contributed by atoms with E-state index >= 15 is 0 Å². The Kier molecular flexibility index (Phi) is 9.14. The van der Waals surface area contributed by atoms with Gasteiger partial charge in [0, 0.05) is 50.4 Å². The number of carbonyl (C=O) groups excluding carboxylic acids is 1. The highest BCUT2D eigenvalue weighted by Crippen LogP contribution is 2.27. The molecule has 1 fully saturated rings. The predicted octanol–water partition coefficient (Wildman–Crippen LogP) is 2.50. The molecule has 0 unspecified atom stereocenters. The summed E-state index contributed by atoms with van der Waals surface area (Å²) in [6.45, 7) is 6.48. The topological polar surface area (TPSA) is 88.2 Å². The number of benzene rings is 1. The largest absolute Gasteiger partial charge is 0.495 e. The highest BCUT2D eigenvalue weighted by atomic mass is 32.2. The zero-order valence-electron chi connectivity index (χ0n) is 19.4. The Hall–Kier alpha value is -1.89. The van der Waals surface area contributed by atoms with Gasteiger partial charge in [-0.15, -0.1) is 0 Å². The lowest BCUT2D eigenvalue weighted by Crippen LogP contribution is -2.49. The minimum absolute atomic E-state index is 0.0182. The van der Waals surface area contributed by atoms with Gasteiger partial charge in [-0.3, -0.25) is 9.69 Å². The molecule has 0 saturated carbocycles. The first-order valence-electron chi connectivity index (χ1n) is 10.6. The van der Waals surface area contributed by atoms with Gasteiger partial charge in [0.2, 0.25) is 10.0 Å². The molecule has 12 heteroatoms. The van der Waals surface area contributed by atoms with Crippen molar-refractivity contribution in [3.8, 4) is 5.75 Å². The van der Waals surface area contributed by atoms with Crippen molar-refractivity contribution in [2.24, 2.45) is 0 Å². The number of rotatable bonds is 9. The fraction of sp³-hybridized carbons (Fsp3) is 0.667. The van der Waals surface area contributed by atoms with Crippen LogP contribution in [0.1, 0.15) is 37.6 Å². The molecule has 8 nitrogen and oxygen atoms in total. The number of nitrogens with zero attached hydrogens (tertiary/aromatic N) is 2. The van der Waals surface area contributed by atoms with Crippen LogP contribution in [-0.4, -0.2) is 88.9 Å². The van der Waals surface area contributed by atoms with Gasteiger partial charge in [0.1, 0.15) is 17.3 Å². The van der Waals surface area contributed by atoms with Crippen molar-refractivity contribution in [2.45, 2.75) is 43.8 Å². The van der Waals surface area contributed by atoms with Gasteiger partial charge in [0.15, 0.2) is 0 Å². The highest BCUT2D eigenvalue weighted by molar-refractivity contribution is 7.89. The Balaban J connectivity index is 1.97. The Morgan fingerprint density at radius 3 is 2.30 bits per heavy atom. The van der Waals surface area contributed by atoms with Gasteiger partial charge in [0.05, 0.1) is 7.11 Å². The summed E-state index contributed by atoms with van der Waals surface area (Å²) in [5, 5.41) is 0. The molecule has 1 aliphatic heterocycles. The van der Waals surface area contributed by atoms with Crippen molar-refractivity contribution in [1.29, 1.82) is 0 Å². The summed E-state index contributed by atoms with van der Waals surface area (Å²) in [6.07, 6.45) is -3.86. The van der Waals surface area contributed by atoms with Crippen molar-refractivity contribution in [3.63, 3.8) is 0 Å². The second-order valence-corrected chi connectivity index (χ2v) is 10.5. The maximum Gasteiger partial charge on any atom is 0.411 e. The van der Waals surface area contributed by atoms with Crippen LogP contribution in [0.2, 0.25) is 0 Å². The SMILES string of the molecule is COc1ccc(C(=O)N2CCN(CCCOCC(F)(F)F)CC2)cc1S(=O)(=O)NC(C)(C)C. The van der Waals surface area contributed by atoms with Crippen LogP contribution in [0.4, 0.5) is 13.2 Å². The molecule has 1 amide bonds. The molecule has 0 aromatic heterocycles. The van der Waals surface area contributed by atoms with E-state index in [1.165, 1.54) is 25.3 Å². The number of ether oxygens (including phenoxy) is 2. The lowest BCUT2D eigenvalue weighted by Gasteiger charge is -2.34. The van der Waals surface area contributed by atoms with Crippen molar-refractivity contribution in [3.05, 3.63) is 23.8 Å². The monoisotopic (exact) mass is 495 g/mol. The van der Waals surface area contributed by atoms with Crippen LogP contribution < -0.4 is 9.46 Å². The highest BCUT2D eigenvalue weighted by Gasteiger charge is 2.29. The fourth-order valence-corrected chi connectivity index (χ4v) is 5.03. The summed E-state index contributed by atoms with van der Waals surface area (Å²) in [4.78, 5) is 16.6. The number of halogens is 3. The van der Waals surface area contributed by atoms with Crippen molar-refractivity contribution in [1.82, 2.24) is 14.5 Å². The van der Waals surface area contributed by atoms with Crippen molar-refractivity contribution >= 4 is 15.9 Å². The maximum atomic E-state index is 13.0. The number of carbonyl (C=O) groups is 1. The van der Waals surface area contributed by atoms with Gasteiger partial charge in [-0.05, 0) is 45.4 Å². The summed E-state index contributed by atoms with van der Waals surface area (Å²) < 4.78 is 74.3. The second-order valence-electron chi connectivity index (χ2n) is 8.88. The molecule has 1 heterocycles. The molecule has 1 saturated heterocycles. The summed E-state index contributed by atoms with van der Waals surface area (Å²) in [5.74, 6) is -0.154. The number of sulfonamides is 1. The minimum atomic E-state index is -4.32. The first kappa shape index (κ1) is 27.4. The fourth-order valence-electron chi connectivity index (χ4n) is 3.41. The van der Waals surface area contributed by atoms with E-state index in [0.29, 0.717) is 39.1 Å². The van der Waals surface area contributed by atoms with Crippen molar-refractivity contribution < 1.29 is 35.9 Å².